The number of carbonyl (C=O) groups is 1. The number of hydrazone groups is 1. The Kier molecular flexibility index (Phi) is 20.7. The summed E-state index contributed by atoms with van der Waals surface area (Å²) in [6, 6.07) is 7.72. The van der Waals surface area contributed by atoms with Gasteiger partial charge in [-0.3, -0.25) is 20.9 Å². The zero-order valence-electron chi connectivity index (χ0n) is 31.3. The summed E-state index contributed by atoms with van der Waals surface area (Å²) in [7, 11) is 0. The molecule has 3 aromatic carbocycles. The van der Waals surface area contributed by atoms with Crippen molar-refractivity contribution in [2.45, 2.75) is 72.2 Å². The van der Waals surface area contributed by atoms with Crippen LogP contribution in [0.25, 0.3) is 5.69 Å². The van der Waals surface area contributed by atoms with Crippen molar-refractivity contribution in [3.05, 3.63) is 95.4 Å². The maximum atomic E-state index is 14.1. The smallest absolute Gasteiger partial charge is 0.455 e. The van der Waals surface area contributed by atoms with Crippen molar-refractivity contribution in [3.63, 3.8) is 0 Å². The molecule has 0 spiro atoms. The van der Waals surface area contributed by atoms with E-state index in [0.29, 0.717) is 36.1 Å². The van der Waals surface area contributed by atoms with Crippen LogP contribution in [0.5, 0.6) is 17.2 Å². The van der Waals surface area contributed by atoms with Crippen molar-refractivity contribution >= 4 is 83.6 Å². The van der Waals surface area contributed by atoms with Crippen molar-refractivity contribution in [2.24, 2.45) is 10.9 Å². The molecule has 59 heavy (non-hydrogen) atoms. The van der Waals surface area contributed by atoms with Crippen molar-refractivity contribution in [1.29, 1.82) is 0 Å². The lowest BCUT2D eigenvalue weighted by molar-refractivity contribution is -0.162. The van der Waals surface area contributed by atoms with E-state index in [1.54, 1.807) is 27.7 Å². The van der Waals surface area contributed by atoms with Crippen LogP contribution in [0.2, 0.25) is 0 Å². The van der Waals surface area contributed by atoms with E-state index in [2.05, 4.69) is 63.4 Å². The molecule has 0 bridgehead atoms. The topological polar surface area (TPSA) is 142 Å². The number of ether oxygens (including phenoxy) is 3. The number of hydrazine groups is 1. The van der Waals surface area contributed by atoms with Crippen LogP contribution in [-0.2, 0) is 11.0 Å². The SMILES string of the molecule is CC(C)Oc1cc(-n2ncc(C(F)(F)F)cc2=O)c(F)cc1Br.CC(C)Oc1cc(N/N=C/C(=O)C(F)(F)F)c(F)cc1Br.CC(C)Oc1cc(NN)c(F)cc1Br.Cl. The third-order valence-corrected chi connectivity index (χ3v) is 8.15. The lowest BCUT2D eigenvalue weighted by Crippen LogP contribution is -2.24. The second kappa shape index (κ2) is 23.1. The molecular weight excluding hydrogens is 1030 g/mol. The van der Waals surface area contributed by atoms with Crippen LogP contribution in [0.4, 0.5) is 50.9 Å². The summed E-state index contributed by atoms with van der Waals surface area (Å²) in [6.45, 7) is 10.8. The molecular formula is C35H35Br3ClF9N6O5. The number of nitrogens with one attached hydrogen (secondary N) is 2. The number of hydrogen-bond acceptors (Lipinski definition) is 10. The number of carbonyl (C=O) groups excluding carboxylic acids is 1. The first-order valence-electron chi connectivity index (χ1n) is 16.3. The second-order valence-corrected chi connectivity index (χ2v) is 14.7. The fraction of sp³-hybridized carbons (Fsp3) is 0.314. The van der Waals surface area contributed by atoms with E-state index in [1.165, 1.54) is 24.3 Å². The maximum Gasteiger partial charge on any atom is 0.455 e. The number of nitrogens with two attached hydrogens (primary N) is 1. The molecule has 4 aromatic rings. The van der Waals surface area contributed by atoms with Gasteiger partial charge in [-0.05, 0) is 108 Å². The van der Waals surface area contributed by atoms with Crippen LogP contribution in [0.3, 0.4) is 0 Å². The number of rotatable bonds is 11. The predicted octanol–water partition coefficient (Wildman–Crippen LogP) is 10.9. The molecule has 0 amide bonds. The summed E-state index contributed by atoms with van der Waals surface area (Å²) >= 11 is 9.42. The number of hydrogen-bond donors (Lipinski definition) is 3. The van der Waals surface area contributed by atoms with E-state index in [9.17, 15) is 49.1 Å². The minimum absolute atomic E-state index is 0. The van der Waals surface area contributed by atoms with E-state index >= 15 is 0 Å². The quantitative estimate of drug-likeness (QED) is 0.0579. The average Bonchev–Trinajstić information content (AvgIpc) is 3.08. The number of benzene rings is 3. The highest BCUT2D eigenvalue weighted by molar-refractivity contribution is 9.11. The normalized spacial score (nSPS) is 11.4. The molecule has 1 heterocycles. The Hall–Kier alpha value is -4.06. The zero-order valence-corrected chi connectivity index (χ0v) is 36.9. The van der Waals surface area contributed by atoms with Crippen molar-refractivity contribution < 1.29 is 58.5 Å². The number of alkyl halides is 6. The van der Waals surface area contributed by atoms with Gasteiger partial charge in [-0.1, -0.05) is 0 Å². The molecule has 0 fully saturated rings. The Morgan fingerprint density at radius 3 is 1.58 bits per heavy atom. The van der Waals surface area contributed by atoms with Gasteiger partial charge in [-0.15, -0.1) is 12.4 Å². The van der Waals surface area contributed by atoms with Crippen molar-refractivity contribution in [2.75, 3.05) is 10.9 Å². The molecule has 326 valence electrons. The molecule has 1 aromatic heterocycles. The van der Waals surface area contributed by atoms with Gasteiger partial charge in [-0.2, -0.15) is 41.2 Å². The van der Waals surface area contributed by atoms with Gasteiger partial charge in [0.1, 0.15) is 40.4 Å². The van der Waals surface area contributed by atoms with Gasteiger partial charge < -0.3 is 19.6 Å². The third kappa shape index (κ3) is 16.8. The minimum atomic E-state index is -5.02. The summed E-state index contributed by atoms with van der Waals surface area (Å²) in [5.74, 6) is 2.06. The van der Waals surface area contributed by atoms with Gasteiger partial charge in [0.15, 0.2) is 0 Å². The number of nitrogens with zero attached hydrogens (tertiary/aromatic N) is 3. The number of halogens is 13. The lowest BCUT2D eigenvalue weighted by atomic mass is 10.2. The van der Waals surface area contributed by atoms with Crippen LogP contribution in [-0.4, -0.2) is 46.3 Å². The van der Waals surface area contributed by atoms with Crippen LogP contribution < -0.4 is 36.5 Å². The second-order valence-electron chi connectivity index (χ2n) is 12.1. The van der Waals surface area contributed by atoms with Crippen LogP contribution in [0.15, 0.2) is 72.0 Å². The highest BCUT2D eigenvalue weighted by Crippen LogP contribution is 2.34. The van der Waals surface area contributed by atoms with Crippen LogP contribution in [0, 0.1) is 17.5 Å². The van der Waals surface area contributed by atoms with E-state index in [0.717, 1.165) is 12.1 Å². The van der Waals surface area contributed by atoms with Gasteiger partial charge in [0, 0.05) is 24.3 Å². The van der Waals surface area contributed by atoms with E-state index in [-0.39, 0.29) is 65.5 Å². The Morgan fingerprint density at radius 2 is 1.17 bits per heavy atom. The number of Topliss-reactive ketones (excluding diaryl/α,β-unsaturated/α-hetero) is 1. The fourth-order valence-corrected chi connectivity index (χ4v) is 5.17. The summed E-state index contributed by atoms with van der Waals surface area (Å²) < 4.78 is 132. The van der Waals surface area contributed by atoms with E-state index < -0.39 is 46.7 Å². The fourth-order valence-electron chi connectivity index (χ4n) is 3.95. The first-order chi connectivity index (χ1) is 26.7. The number of ketones is 1. The lowest BCUT2D eigenvalue weighted by Gasteiger charge is -2.14. The highest BCUT2D eigenvalue weighted by atomic mass is 79.9. The Bertz CT molecular complexity index is 2140. The van der Waals surface area contributed by atoms with Gasteiger partial charge >= 0.3 is 12.4 Å². The molecule has 0 saturated heterocycles. The molecule has 0 unspecified atom stereocenters. The molecule has 24 heteroatoms. The monoisotopic (exact) mass is 1060 g/mol. The Balaban J connectivity index is 0.000000451. The highest BCUT2D eigenvalue weighted by Gasteiger charge is 2.37. The molecule has 0 aliphatic heterocycles. The summed E-state index contributed by atoms with van der Waals surface area (Å²) in [6.07, 6.45) is -9.60. The summed E-state index contributed by atoms with van der Waals surface area (Å²) in [5, 5.41) is 6.46. The van der Waals surface area contributed by atoms with E-state index in [1.807, 2.05) is 19.3 Å². The Labute approximate surface area is 362 Å². The maximum absolute atomic E-state index is 14.1. The summed E-state index contributed by atoms with van der Waals surface area (Å²) in [5.41, 5.74) is 1.68. The largest absolute Gasteiger partial charge is 0.490 e. The van der Waals surface area contributed by atoms with Crippen LogP contribution >= 0.6 is 60.2 Å². The molecule has 11 nitrogen and oxygen atoms in total. The van der Waals surface area contributed by atoms with Gasteiger partial charge in [-0.25, -0.2) is 13.2 Å². The zero-order chi connectivity index (χ0) is 44.3. The van der Waals surface area contributed by atoms with Gasteiger partial charge in [0.05, 0.1) is 61.1 Å². The molecule has 0 saturated carbocycles. The standard InChI is InChI=1S/C14H11BrF4N2O2.C12H11BrF4N2O2.C9H12BrFN2O.ClH/c1-7(2)23-12-5-11(10(16)4-9(12)15)21-13(22)3-8(6-20-21)14(17,18)19;1-6(2)21-10-4-9(8(14)3-7(10)13)19-18-5-11(20)12(15,16)17;1-5(2)14-9-4-8(13-12)7(11)3-6(9)10;/h3-7H,1-2H3;3-6,19H,1-2H3;3-5,13H,12H2,1-2H3;1H/b;18-5+;;. The first kappa shape index (κ1) is 53.0. The molecule has 4 N–H and O–H groups in total. The van der Waals surface area contributed by atoms with Crippen molar-refractivity contribution in [3.8, 4) is 22.9 Å². The minimum Gasteiger partial charge on any atom is -0.490 e. The predicted molar refractivity (Wildman–Crippen MR) is 216 cm³/mol. The number of nitrogen functional groups attached to an aromatic ring is 1. The van der Waals surface area contributed by atoms with Crippen LogP contribution in [0.1, 0.15) is 47.1 Å². The molecule has 0 aliphatic carbocycles. The number of anilines is 2. The average molecular weight is 1070 g/mol. The molecule has 4 rings (SSSR count). The molecule has 0 aliphatic rings. The Morgan fingerprint density at radius 1 is 0.746 bits per heavy atom. The number of aromatic nitrogens is 2. The van der Waals surface area contributed by atoms with Crippen molar-refractivity contribution in [1.82, 2.24) is 9.78 Å². The molecule has 0 atom stereocenters. The van der Waals surface area contributed by atoms with Gasteiger partial charge in [0.2, 0.25) is 0 Å². The first-order valence-corrected chi connectivity index (χ1v) is 18.6. The summed E-state index contributed by atoms with van der Waals surface area (Å²) in [4.78, 5) is 22.4. The third-order valence-electron chi connectivity index (χ3n) is 6.29. The molecule has 0 radical (unpaired) electrons. The van der Waals surface area contributed by atoms with Gasteiger partial charge in [0.25, 0.3) is 11.3 Å². The van der Waals surface area contributed by atoms with E-state index in [4.69, 9.17) is 20.1 Å².